The van der Waals surface area contributed by atoms with Crippen LogP contribution in [0.3, 0.4) is 0 Å². The minimum absolute atomic E-state index is 0.0236. The Kier molecular flexibility index (Phi) is 5.48. The average molecular weight is 340 g/mol. The van der Waals surface area contributed by atoms with Gasteiger partial charge in [-0.15, -0.1) is 0 Å². The van der Waals surface area contributed by atoms with E-state index in [4.69, 9.17) is 4.74 Å². The van der Waals surface area contributed by atoms with Gasteiger partial charge in [-0.3, -0.25) is 9.78 Å². The summed E-state index contributed by atoms with van der Waals surface area (Å²) in [5, 5.41) is 0. The first kappa shape index (κ1) is 17.2. The third-order valence-electron chi connectivity index (χ3n) is 4.47. The summed E-state index contributed by atoms with van der Waals surface area (Å²) in [4.78, 5) is 24.7. The number of ether oxygens (including phenoxy) is 1. The summed E-state index contributed by atoms with van der Waals surface area (Å²) >= 11 is 0. The Labute approximate surface area is 148 Å². The predicted molar refractivity (Wildman–Crippen MR) is 96.9 cm³/mol. The minimum Gasteiger partial charge on any atom is -0.482 e. The Bertz CT molecular complexity index is 706. The van der Waals surface area contributed by atoms with Crippen molar-refractivity contribution < 1.29 is 9.53 Å². The van der Waals surface area contributed by atoms with Crippen molar-refractivity contribution in [1.82, 2.24) is 14.9 Å². The molecule has 3 heterocycles. The van der Waals surface area contributed by atoms with E-state index < -0.39 is 0 Å². The van der Waals surface area contributed by atoms with Gasteiger partial charge in [0.25, 0.3) is 5.91 Å². The van der Waals surface area contributed by atoms with E-state index in [-0.39, 0.29) is 12.5 Å². The van der Waals surface area contributed by atoms with Crippen molar-refractivity contribution in [1.29, 1.82) is 0 Å². The smallest absolute Gasteiger partial charge is 0.260 e. The lowest BCUT2D eigenvalue weighted by Gasteiger charge is -2.33. The molecule has 1 aliphatic heterocycles. The average Bonchev–Trinajstić information content (AvgIpc) is 2.67. The Hall–Kier alpha value is -2.63. The van der Waals surface area contributed by atoms with Gasteiger partial charge in [0.2, 0.25) is 0 Å². The summed E-state index contributed by atoms with van der Waals surface area (Å²) in [7, 11) is 3.97. The van der Waals surface area contributed by atoms with Crippen LogP contribution in [0.2, 0.25) is 0 Å². The quantitative estimate of drug-likeness (QED) is 0.836. The minimum atomic E-state index is 0.0236. The first-order valence-electron chi connectivity index (χ1n) is 8.57. The van der Waals surface area contributed by atoms with Gasteiger partial charge in [-0.1, -0.05) is 0 Å². The number of rotatable bonds is 5. The zero-order chi connectivity index (χ0) is 17.6. The zero-order valence-electron chi connectivity index (χ0n) is 14.8. The third kappa shape index (κ3) is 4.47. The second-order valence-electron chi connectivity index (χ2n) is 6.50. The fraction of sp³-hybridized carbons (Fsp3) is 0.421. The molecule has 1 fully saturated rings. The normalized spacial score (nSPS) is 17.2. The topological polar surface area (TPSA) is 58.6 Å². The summed E-state index contributed by atoms with van der Waals surface area (Å²) in [6.07, 6.45) is 7.23. The number of hydrogen-bond donors (Lipinski definition) is 0. The summed E-state index contributed by atoms with van der Waals surface area (Å²) in [5.74, 6) is 1.93. The van der Waals surface area contributed by atoms with Crippen LogP contribution < -0.4 is 9.64 Å². The number of carbonyl (C=O) groups excluding carboxylic acids is 1. The third-order valence-corrected chi connectivity index (χ3v) is 4.47. The molecule has 1 aliphatic rings. The van der Waals surface area contributed by atoms with E-state index in [9.17, 15) is 4.79 Å². The van der Waals surface area contributed by atoms with Crippen LogP contribution in [-0.4, -0.2) is 54.6 Å². The highest BCUT2D eigenvalue weighted by atomic mass is 16.5. The Morgan fingerprint density at radius 2 is 2.24 bits per heavy atom. The first-order valence-corrected chi connectivity index (χ1v) is 8.57. The molecule has 0 N–H and O–H groups in total. The maximum absolute atomic E-state index is 12.5. The van der Waals surface area contributed by atoms with Gasteiger partial charge < -0.3 is 14.5 Å². The molecule has 132 valence electrons. The van der Waals surface area contributed by atoms with Crippen LogP contribution in [0.4, 0.5) is 5.82 Å². The van der Waals surface area contributed by atoms with E-state index in [2.05, 4.69) is 22.1 Å². The predicted octanol–water partition coefficient (Wildman–Crippen LogP) is 2.33. The molecule has 0 saturated carbocycles. The molecule has 1 atom stereocenters. The van der Waals surface area contributed by atoms with E-state index in [0.29, 0.717) is 11.7 Å². The summed E-state index contributed by atoms with van der Waals surface area (Å²) in [5.41, 5.74) is 1.24. The maximum atomic E-state index is 12.5. The van der Waals surface area contributed by atoms with Gasteiger partial charge in [-0.25, -0.2) is 4.98 Å². The molecule has 0 aromatic carbocycles. The van der Waals surface area contributed by atoms with Crippen LogP contribution in [0.5, 0.6) is 5.75 Å². The van der Waals surface area contributed by atoms with Crippen molar-refractivity contribution in [3.05, 3.63) is 48.4 Å². The van der Waals surface area contributed by atoms with Gasteiger partial charge in [-0.2, -0.15) is 0 Å². The largest absolute Gasteiger partial charge is 0.482 e. The van der Waals surface area contributed by atoms with Gasteiger partial charge in [0, 0.05) is 45.5 Å². The number of carbonyl (C=O) groups is 1. The molecular weight excluding hydrogens is 316 g/mol. The van der Waals surface area contributed by atoms with Crippen LogP contribution >= 0.6 is 0 Å². The van der Waals surface area contributed by atoms with Gasteiger partial charge >= 0.3 is 0 Å². The molecule has 2 aromatic rings. The van der Waals surface area contributed by atoms with Gasteiger partial charge in [0.1, 0.15) is 11.6 Å². The van der Waals surface area contributed by atoms with Gasteiger partial charge in [0.05, 0.1) is 6.20 Å². The van der Waals surface area contributed by atoms with E-state index >= 15 is 0 Å². The number of pyridine rings is 2. The molecule has 3 rings (SSSR count). The molecule has 1 amide bonds. The zero-order valence-corrected chi connectivity index (χ0v) is 14.8. The molecular formula is C19H24N4O2. The number of amides is 1. The molecule has 1 unspecified atom stereocenters. The van der Waals surface area contributed by atoms with Crippen LogP contribution in [0.1, 0.15) is 24.3 Å². The fourth-order valence-electron chi connectivity index (χ4n) is 3.08. The second kappa shape index (κ2) is 7.96. The standard InChI is InChI=1S/C19H24N4O2/c1-22(2)18-11-15(7-9-21-18)16-5-4-10-23(13-16)19(24)14-25-17-6-3-8-20-12-17/h3,6-9,11-12,16H,4-5,10,13-14H2,1-2H3. The number of anilines is 1. The summed E-state index contributed by atoms with van der Waals surface area (Å²) < 4.78 is 5.54. The van der Waals surface area contributed by atoms with Crippen LogP contribution in [0, 0.1) is 0 Å². The van der Waals surface area contributed by atoms with Crippen LogP contribution in [0.15, 0.2) is 42.9 Å². The lowest BCUT2D eigenvalue weighted by atomic mass is 9.91. The number of aromatic nitrogens is 2. The highest BCUT2D eigenvalue weighted by Crippen LogP contribution is 2.28. The number of nitrogens with zero attached hydrogens (tertiary/aromatic N) is 4. The molecule has 0 radical (unpaired) electrons. The van der Waals surface area contributed by atoms with Crippen molar-refractivity contribution in [3.8, 4) is 5.75 Å². The van der Waals surface area contributed by atoms with Gasteiger partial charge in [-0.05, 0) is 42.7 Å². The summed E-state index contributed by atoms with van der Waals surface area (Å²) in [6, 6.07) is 7.77. The SMILES string of the molecule is CN(C)c1cc(C2CCCN(C(=O)COc3cccnc3)C2)ccn1. The lowest BCUT2D eigenvalue weighted by molar-refractivity contribution is -0.134. The molecule has 0 aliphatic carbocycles. The molecule has 25 heavy (non-hydrogen) atoms. The van der Waals surface area contributed by atoms with Crippen molar-refractivity contribution in [2.75, 3.05) is 38.7 Å². The lowest BCUT2D eigenvalue weighted by Crippen LogP contribution is -2.41. The fourth-order valence-corrected chi connectivity index (χ4v) is 3.08. The maximum Gasteiger partial charge on any atom is 0.260 e. The molecule has 6 heteroatoms. The van der Waals surface area contributed by atoms with Gasteiger partial charge in [0.15, 0.2) is 6.61 Å². The Morgan fingerprint density at radius 1 is 1.36 bits per heavy atom. The van der Waals surface area contributed by atoms with E-state index in [1.165, 1.54) is 5.56 Å². The van der Waals surface area contributed by atoms with Crippen molar-refractivity contribution in [2.24, 2.45) is 0 Å². The molecule has 6 nitrogen and oxygen atoms in total. The highest BCUT2D eigenvalue weighted by molar-refractivity contribution is 5.78. The van der Waals surface area contributed by atoms with Crippen molar-refractivity contribution in [2.45, 2.75) is 18.8 Å². The second-order valence-corrected chi connectivity index (χ2v) is 6.50. The van der Waals surface area contributed by atoms with E-state index in [1.54, 1.807) is 24.5 Å². The number of hydrogen-bond acceptors (Lipinski definition) is 5. The number of piperidine rings is 1. The summed E-state index contributed by atoms with van der Waals surface area (Å²) in [6.45, 7) is 1.57. The first-order chi connectivity index (χ1) is 12.1. The number of likely N-dealkylation sites (tertiary alicyclic amines) is 1. The van der Waals surface area contributed by atoms with E-state index in [0.717, 1.165) is 31.7 Å². The van der Waals surface area contributed by atoms with Crippen LogP contribution in [0.25, 0.3) is 0 Å². The van der Waals surface area contributed by atoms with Crippen molar-refractivity contribution in [3.63, 3.8) is 0 Å². The molecule has 0 spiro atoms. The van der Waals surface area contributed by atoms with E-state index in [1.807, 2.05) is 30.1 Å². The molecule has 1 saturated heterocycles. The van der Waals surface area contributed by atoms with Crippen molar-refractivity contribution >= 4 is 11.7 Å². The molecule has 0 bridgehead atoms. The highest BCUT2D eigenvalue weighted by Gasteiger charge is 2.25. The Morgan fingerprint density at radius 3 is 3.00 bits per heavy atom. The molecule has 2 aromatic heterocycles. The van der Waals surface area contributed by atoms with Crippen LogP contribution in [-0.2, 0) is 4.79 Å². The Balaban J connectivity index is 1.60. The monoisotopic (exact) mass is 340 g/mol.